The minimum Gasteiger partial charge on any atom is -0.493 e. The zero-order chi connectivity index (χ0) is 24.4. The van der Waals surface area contributed by atoms with Crippen LogP contribution in [0.4, 0.5) is 5.69 Å². The normalized spacial score (nSPS) is 12.8. The second kappa shape index (κ2) is 10.1. The van der Waals surface area contributed by atoms with Crippen LogP contribution in [-0.2, 0) is 12.8 Å². The Morgan fingerprint density at radius 3 is 2.49 bits per heavy atom. The van der Waals surface area contributed by atoms with Crippen molar-refractivity contribution in [3.63, 3.8) is 0 Å². The summed E-state index contributed by atoms with van der Waals surface area (Å²) in [4.78, 5) is 25.8. The van der Waals surface area contributed by atoms with E-state index >= 15 is 0 Å². The first-order valence-corrected chi connectivity index (χ1v) is 12.9. The summed E-state index contributed by atoms with van der Waals surface area (Å²) < 4.78 is 16.2. The van der Waals surface area contributed by atoms with Crippen molar-refractivity contribution in [1.82, 2.24) is 9.97 Å². The fourth-order valence-electron chi connectivity index (χ4n) is 4.31. The molecule has 0 radical (unpaired) electrons. The molecule has 0 saturated heterocycles. The summed E-state index contributed by atoms with van der Waals surface area (Å²) in [6.07, 6.45) is 6.23. The first-order chi connectivity index (χ1) is 17.1. The molecule has 35 heavy (non-hydrogen) atoms. The van der Waals surface area contributed by atoms with Crippen molar-refractivity contribution in [1.29, 1.82) is 0 Å². The van der Waals surface area contributed by atoms with Gasteiger partial charge in [-0.2, -0.15) is 0 Å². The van der Waals surface area contributed by atoms with Crippen molar-refractivity contribution in [2.24, 2.45) is 0 Å². The Morgan fingerprint density at radius 2 is 1.74 bits per heavy atom. The van der Waals surface area contributed by atoms with Gasteiger partial charge in [0.1, 0.15) is 16.2 Å². The van der Waals surface area contributed by atoms with Crippen molar-refractivity contribution in [2.75, 3.05) is 26.6 Å². The summed E-state index contributed by atoms with van der Waals surface area (Å²) in [7, 11) is 4.58. The van der Waals surface area contributed by atoms with Gasteiger partial charge in [-0.05, 0) is 55.5 Å². The van der Waals surface area contributed by atoms with Crippen molar-refractivity contribution >= 4 is 44.9 Å². The van der Waals surface area contributed by atoms with Gasteiger partial charge < -0.3 is 19.5 Å². The topological polar surface area (TPSA) is 82.6 Å². The van der Waals surface area contributed by atoms with Gasteiger partial charge in [0.25, 0.3) is 5.91 Å². The number of aryl methyl sites for hydroxylation is 2. The molecular weight excluding hydrogens is 482 g/mol. The van der Waals surface area contributed by atoms with Crippen molar-refractivity contribution in [2.45, 2.75) is 35.6 Å². The number of amides is 1. The monoisotopic (exact) mass is 507 g/mol. The molecule has 0 saturated carbocycles. The molecular formula is C26H25N3O4S2. The zero-order valence-electron chi connectivity index (χ0n) is 19.7. The lowest BCUT2D eigenvalue weighted by molar-refractivity contribution is 0.102. The number of carbonyl (C=O) groups excluding carboxylic acids is 1. The molecule has 0 unspecified atom stereocenters. The predicted molar refractivity (Wildman–Crippen MR) is 139 cm³/mol. The van der Waals surface area contributed by atoms with Gasteiger partial charge in [-0.25, -0.2) is 9.97 Å². The molecule has 0 fully saturated rings. The Morgan fingerprint density at radius 1 is 1.00 bits per heavy atom. The first-order valence-electron chi connectivity index (χ1n) is 11.3. The van der Waals surface area contributed by atoms with Crippen LogP contribution in [0.5, 0.6) is 17.2 Å². The Hall–Kier alpha value is -3.30. The minimum atomic E-state index is -0.280. The summed E-state index contributed by atoms with van der Waals surface area (Å²) in [6.45, 7) is 0. The molecule has 0 atom stereocenters. The van der Waals surface area contributed by atoms with E-state index in [9.17, 15) is 4.79 Å². The third-order valence-electron chi connectivity index (χ3n) is 5.99. The number of para-hydroxylation sites is 1. The lowest BCUT2D eigenvalue weighted by Crippen LogP contribution is -2.13. The SMILES string of the molecule is COc1cc(C(=O)Nc2ccccc2Sc2ncnc3sc4c(c23)CCCC4)cc(OC)c1OC. The molecule has 5 rings (SSSR count). The molecule has 2 heterocycles. The van der Waals surface area contributed by atoms with Crippen molar-refractivity contribution < 1.29 is 19.0 Å². The molecule has 9 heteroatoms. The molecule has 2 aromatic carbocycles. The molecule has 7 nitrogen and oxygen atoms in total. The Kier molecular flexibility index (Phi) is 6.79. The van der Waals surface area contributed by atoms with Gasteiger partial charge in [-0.3, -0.25) is 4.79 Å². The summed E-state index contributed by atoms with van der Waals surface area (Å²) >= 11 is 3.33. The maximum atomic E-state index is 13.2. The van der Waals surface area contributed by atoms with Gasteiger partial charge in [-0.1, -0.05) is 23.9 Å². The maximum Gasteiger partial charge on any atom is 0.255 e. The second-order valence-corrected chi connectivity index (χ2v) is 10.2. The largest absolute Gasteiger partial charge is 0.493 e. The van der Waals surface area contributed by atoms with Crippen LogP contribution >= 0.6 is 23.1 Å². The fraction of sp³-hybridized carbons (Fsp3) is 0.269. The van der Waals surface area contributed by atoms with Gasteiger partial charge >= 0.3 is 0 Å². The number of ether oxygens (including phenoxy) is 3. The van der Waals surface area contributed by atoms with E-state index < -0.39 is 0 Å². The van der Waals surface area contributed by atoms with Gasteiger partial charge in [0, 0.05) is 20.7 Å². The second-order valence-electron chi connectivity index (χ2n) is 8.04. The summed E-state index contributed by atoms with van der Waals surface area (Å²) in [5.74, 6) is 1.00. The molecule has 0 spiro atoms. The van der Waals surface area contributed by atoms with E-state index in [2.05, 4.69) is 15.3 Å². The van der Waals surface area contributed by atoms with Gasteiger partial charge in [0.15, 0.2) is 11.5 Å². The molecule has 180 valence electrons. The quantitative estimate of drug-likeness (QED) is 0.307. The van der Waals surface area contributed by atoms with E-state index in [0.29, 0.717) is 28.5 Å². The van der Waals surface area contributed by atoms with E-state index in [1.54, 1.807) is 41.6 Å². The third kappa shape index (κ3) is 4.53. The van der Waals surface area contributed by atoms with Crippen molar-refractivity contribution in [3.05, 3.63) is 58.7 Å². The van der Waals surface area contributed by atoms with Crippen LogP contribution in [0.25, 0.3) is 10.2 Å². The van der Waals surface area contributed by atoms with Gasteiger partial charge in [0.2, 0.25) is 5.75 Å². The lowest BCUT2D eigenvalue weighted by Gasteiger charge is -2.15. The summed E-state index contributed by atoms with van der Waals surface area (Å²) in [5.41, 5.74) is 2.49. The molecule has 0 aliphatic heterocycles. The number of aromatic nitrogens is 2. The highest BCUT2D eigenvalue weighted by Gasteiger charge is 2.22. The number of thiophene rings is 1. The number of fused-ring (bicyclic) bond motifs is 3. The fourth-order valence-corrected chi connectivity index (χ4v) is 6.61. The zero-order valence-corrected chi connectivity index (χ0v) is 21.3. The van der Waals surface area contributed by atoms with E-state index in [4.69, 9.17) is 14.2 Å². The van der Waals surface area contributed by atoms with Gasteiger partial charge in [-0.15, -0.1) is 11.3 Å². The van der Waals surface area contributed by atoms with Crippen molar-refractivity contribution in [3.8, 4) is 17.2 Å². The first kappa shape index (κ1) is 23.4. The highest BCUT2D eigenvalue weighted by molar-refractivity contribution is 7.99. The molecule has 1 aliphatic carbocycles. The molecule has 2 aromatic heterocycles. The van der Waals surface area contributed by atoms with E-state index in [0.717, 1.165) is 33.0 Å². The van der Waals surface area contributed by atoms with E-state index in [1.807, 2.05) is 24.3 Å². The van der Waals surface area contributed by atoms with E-state index in [1.165, 1.54) is 44.6 Å². The Balaban J connectivity index is 1.46. The average Bonchev–Trinajstić information content (AvgIpc) is 3.28. The maximum absolute atomic E-state index is 13.2. The van der Waals surface area contributed by atoms with Crippen LogP contribution in [0.3, 0.4) is 0 Å². The number of methoxy groups -OCH3 is 3. The number of nitrogens with one attached hydrogen (secondary N) is 1. The van der Waals surface area contributed by atoms with Crippen LogP contribution in [-0.4, -0.2) is 37.2 Å². The molecule has 0 bridgehead atoms. The number of hydrogen-bond acceptors (Lipinski definition) is 8. The number of anilines is 1. The number of rotatable bonds is 7. The third-order valence-corrected chi connectivity index (χ3v) is 8.26. The lowest BCUT2D eigenvalue weighted by atomic mass is 9.97. The number of carbonyl (C=O) groups is 1. The molecule has 1 N–H and O–H groups in total. The molecule has 1 amide bonds. The summed E-state index contributed by atoms with van der Waals surface area (Å²) in [6, 6.07) is 11.0. The standard InChI is InChI=1S/C26H25N3O4S2/c1-31-18-12-15(13-19(32-2)23(18)33-3)24(30)29-17-9-5-7-11-21(17)35-26-22-16-8-4-6-10-20(16)34-25(22)27-14-28-26/h5,7,9,11-14H,4,6,8,10H2,1-3H3,(H,29,30). The minimum absolute atomic E-state index is 0.280. The highest BCUT2D eigenvalue weighted by Crippen LogP contribution is 2.43. The highest BCUT2D eigenvalue weighted by atomic mass is 32.2. The number of nitrogens with zero attached hydrogens (tertiary/aromatic N) is 2. The number of hydrogen-bond donors (Lipinski definition) is 1. The van der Waals surface area contributed by atoms with Crippen LogP contribution in [0.1, 0.15) is 33.6 Å². The van der Waals surface area contributed by atoms with Gasteiger partial charge in [0.05, 0.1) is 27.0 Å². The van der Waals surface area contributed by atoms with Crippen LogP contribution in [0.15, 0.2) is 52.6 Å². The van der Waals surface area contributed by atoms with Crippen LogP contribution in [0.2, 0.25) is 0 Å². The molecule has 1 aliphatic rings. The number of benzene rings is 2. The Bertz CT molecular complexity index is 1380. The Labute approximate surface area is 211 Å². The molecule has 4 aromatic rings. The van der Waals surface area contributed by atoms with Crippen LogP contribution in [0, 0.1) is 0 Å². The predicted octanol–water partition coefficient (Wildman–Crippen LogP) is 6.00. The van der Waals surface area contributed by atoms with E-state index in [-0.39, 0.29) is 5.91 Å². The van der Waals surface area contributed by atoms with Crippen LogP contribution < -0.4 is 19.5 Å². The smallest absolute Gasteiger partial charge is 0.255 e. The average molecular weight is 508 g/mol. The summed E-state index contributed by atoms with van der Waals surface area (Å²) in [5, 5.41) is 5.11.